The van der Waals surface area contributed by atoms with Crippen molar-refractivity contribution in [2.24, 2.45) is 17.1 Å². The molecule has 3 atom stereocenters. The lowest BCUT2D eigenvalue weighted by Crippen LogP contribution is -2.81. The molecule has 2 heterocycles. The van der Waals surface area contributed by atoms with Crippen molar-refractivity contribution in [1.29, 1.82) is 0 Å². The Kier molecular flexibility index (Phi) is 3.26. The van der Waals surface area contributed by atoms with Gasteiger partial charge >= 0.3 is 0 Å². The van der Waals surface area contributed by atoms with E-state index < -0.39 is 16.9 Å². The Bertz CT molecular complexity index is 561. The average Bonchev–Trinajstić information content (AvgIpc) is 2.48. The standard InChI is InChI=1S/C15H20FN3O2/c1-14(2)12-10(4-3-7-21-12)15(14,17)13(20)19-9-5-6-11(16)18-8-9/h5-6,8,10,12H,3-4,7,17H2,1-2H3,(H,19,20). The van der Waals surface area contributed by atoms with Gasteiger partial charge in [-0.05, 0) is 25.0 Å². The Morgan fingerprint density at radius 2 is 2.29 bits per heavy atom. The summed E-state index contributed by atoms with van der Waals surface area (Å²) in [6.45, 7) is 4.65. The van der Waals surface area contributed by atoms with Gasteiger partial charge < -0.3 is 15.8 Å². The van der Waals surface area contributed by atoms with E-state index in [1.165, 1.54) is 18.3 Å². The zero-order valence-electron chi connectivity index (χ0n) is 12.2. The second-order valence-corrected chi connectivity index (χ2v) is 6.45. The highest BCUT2D eigenvalue weighted by Gasteiger charge is 2.70. The van der Waals surface area contributed by atoms with Crippen molar-refractivity contribution in [3.05, 3.63) is 24.3 Å². The van der Waals surface area contributed by atoms with Crippen LogP contribution in [-0.2, 0) is 9.53 Å². The molecule has 5 nitrogen and oxygen atoms in total. The first-order valence-corrected chi connectivity index (χ1v) is 7.21. The van der Waals surface area contributed by atoms with Crippen LogP contribution in [0.5, 0.6) is 0 Å². The molecule has 1 aliphatic carbocycles. The molecular formula is C15H20FN3O2. The molecule has 1 aliphatic heterocycles. The molecule has 0 radical (unpaired) electrons. The van der Waals surface area contributed by atoms with Gasteiger partial charge in [0.2, 0.25) is 11.9 Å². The van der Waals surface area contributed by atoms with Crippen molar-refractivity contribution in [3.8, 4) is 0 Å². The number of hydrogen-bond donors (Lipinski definition) is 2. The average molecular weight is 293 g/mol. The molecule has 3 unspecified atom stereocenters. The molecule has 2 fully saturated rings. The van der Waals surface area contributed by atoms with Gasteiger partial charge in [0.15, 0.2) is 0 Å². The van der Waals surface area contributed by atoms with Crippen LogP contribution in [0.15, 0.2) is 18.3 Å². The maximum atomic E-state index is 12.8. The molecule has 21 heavy (non-hydrogen) atoms. The van der Waals surface area contributed by atoms with Gasteiger partial charge in [-0.1, -0.05) is 13.8 Å². The van der Waals surface area contributed by atoms with Crippen LogP contribution in [-0.4, -0.2) is 29.1 Å². The highest BCUT2D eigenvalue weighted by Crippen LogP contribution is 2.57. The number of carbonyl (C=O) groups excluding carboxylic acids is 1. The second kappa shape index (κ2) is 4.74. The van der Waals surface area contributed by atoms with Gasteiger partial charge in [0, 0.05) is 17.9 Å². The van der Waals surface area contributed by atoms with E-state index in [-0.39, 0.29) is 17.9 Å². The van der Waals surface area contributed by atoms with Crippen molar-refractivity contribution in [2.45, 2.75) is 38.3 Å². The maximum Gasteiger partial charge on any atom is 0.245 e. The third-order valence-corrected chi connectivity index (χ3v) is 5.05. The number of amides is 1. The molecule has 1 saturated heterocycles. The summed E-state index contributed by atoms with van der Waals surface area (Å²) >= 11 is 0. The number of rotatable bonds is 2. The smallest absolute Gasteiger partial charge is 0.245 e. The van der Waals surface area contributed by atoms with Gasteiger partial charge in [-0.15, -0.1) is 0 Å². The van der Waals surface area contributed by atoms with Gasteiger partial charge in [-0.25, -0.2) is 4.98 Å². The van der Waals surface area contributed by atoms with Crippen LogP contribution in [0.4, 0.5) is 10.1 Å². The number of pyridine rings is 1. The number of ether oxygens (including phenoxy) is 1. The first-order chi connectivity index (χ1) is 9.87. The quantitative estimate of drug-likeness (QED) is 0.814. The number of fused-ring (bicyclic) bond motifs is 1. The third-order valence-electron chi connectivity index (χ3n) is 5.05. The minimum Gasteiger partial charge on any atom is -0.377 e. The minimum absolute atomic E-state index is 0.0216. The molecule has 3 N–H and O–H groups in total. The summed E-state index contributed by atoms with van der Waals surface area (Å²) in [6, 6.07) is 2.68. The molecule has 1 saturated carbocycles. The van der Waals surface area contributed by atoms with Gasteiger partial charge in [-0.2, -0.15) is 4.39 Å². The largest absolute Gasteiger partial charge is 0.377 e. The first-order valence-electron chi connectivity index (χ1n) is 7.21. The lowest BCUT2D eigenvalue weighted by atomic mass is 9.46. The topological polar surface area (TPSA) is 77.2 Å². The maximum absolute atomic E-state index is 12.8. The van der Waals surface area contributed by atoms with Gasteiger partial charge in [0.1, 0.15) is 5.54 Å². The van der Waals surface area contributed by atoms with Crippen LogP contribution in [0.2, 0.25) is 0 Å². The van der Waals surface area contributed by atoms with E-state index in [9.17, 15) is 9.18 Å². The highest BCUT2D eigenvalue weighted by molar-refractivity contribution is 6.00. The number of carbonyl (C=O) groups is 1. The summed E-state index contributed by atoms with van der Waals surface area (Å²) < 4.78 is 18.6. The van der Waals surface area contributed by atoms with Crippen LogP contribution in [0.1, 0.15) is 26.7 Å². The van der Waals surface area contributed by atoms with E-state index in [0.717, 1.165) is 19.4 Å². The highest BCUT2D eigenvalue weighted by atomic mass is 19.1. The predicted molar refractivity (Wildman–Crippen MR) is 76.0 cm³/mol. The van der Waals surface area contributed by atoms with E-state index in [1.54, 1.807) is 0 Å². The number of halogens is 1. The van der Waals surface area contributed by atoms with Crippen molar-refractivity contribution in [3.63, 3.8) is 0 Å². The lowest BCUT2D eigenvalue weighted by Gasteiger charge is -2.65. The van der Waals surface area contributed by atoms with E-state index in [4.69, 9.17) is 10.5 Å². The van der Waals surface area contributed by atoms with Gasteiger partial charge in [0.25, 0.3) is 0 Å². The summed E-state index contributed by atoms with van der Waals surface area (Å²) in [6.07, 6.45) is 3.12. The second-order valence-electron chi connectivity index (χ2n) is 6.45. The number of nitrogens with zero attached hydrogens (tertiary/aromatic N) is 1. The van der Waals surface area contributed by atoms with E-state index >= 15 is 0 Å². The normalized spacial score (nSPS) is 33.7. The van der Waals surface area contributed by atoms with E-state index in [1.807, 2.05) is 13.8 Å². The zero-order valence-corrected chi connectivity index (χ0v) is 12.2. The molecule has 1 aromatic rings. The van der Waals surface area contributed by atoms with Crippen LogP contribution in [0.3, 0.4) is 0 Å². The Labute approximate surface area is 123 Å². The molecule has 114 valence electrons. The monoisotopic (exact) mass is 293 g/mol. The molecule has 3 rings (SSSR count). The van der Waals surface area contributed by atoms with Crippen LogP contribution < -0.4 is 11.1 Å². The molecule has 1 aromatic heterocycles. The molecule has 1 amide bonds. The molecule has 2 aliphatic rings. The van der Waals surface area contributed by atoms with Crippen LogP contribution >= 0.6 is 0 Å². The Morgan fingerprint density at radius 3 is 2.95 bits per heavy atom. The molecule has 6 heteroatoms. The van der Waals surface area contributed by atoms with Gasteiger partial charge in [-0.3, -0.25) is 4.79 Å². The van der Waals surface area contributed by atoms with Crippen LogP contribution in [0, 0.1) is 17.3 Å². The summed E-state index contributed by atoms with van der Waals surface area (Å²) in [5.41, 5.74) is 5.50. The molecule has 0 spiro atoms. The number of anilines is 1. The van der Waals surface area contributed by atoms with Crippen molar-refractivity contribution in [2.75, 3.05) is 11.9 Å². The fraction of sp³-hybridized carbons (Fsp3) is 0.600. The summed E-state index contributed by atoms with van der Waals surface area (Å²) in [4.78, 5) is 16.2. The number of aromatic nitrogens is 1. The lowest BCUT2D eigenvalue weighted by molar-refractivity contribution is -0.222. The first kappa shape index (κ1) is 14.4. The van der Waals surface area contributed by atoms with E-state index in [2.05, 4.69) is 10.3 Å². The summed E-state index contributed by atoms with van der Waals surface area (Å²) in [5, 5.41) is 2.75. The number of nitrogens with one attached hydrogen (secondary N) is 1. The zero-order chi connectivity index (χ0) is 15.3. The summed E-state index contributed by atoms with van der Waals surface area (Å²) in [5.74, 6) is -0.817. The fourth-order valence-electron chi connectivity index (χ4n) is 3.72. The molecule has 0 aromatic carbocycles. The molecule has 0 bridgehead atoms. The van der Waals surface area contributed by atoms with Crippen molar-refractivity contribution >= 4 is 11.6 Å². The van der Waals surface area contributed by atoms with Crippen molar-refractivity contribution < 1.29 is 13.9 Å². The SMILES string of the molecule is CC1(C)C2OCCCC2C1(N)C(=O)Nc1ccc(F)nc1. The third kappa shape index (κ3) is 1.97. The van der Waals surface area contributed by atoms with E-state index in [0.29, 0.717) is 5.69 Å². The molecular weight excluding hydrogens is 273 g/mol. The Morgan fingerprint density at radius 1 is 1.52 bits per heavy atom. The fourth-order valence-corrected chi connectivity index (χ4v) is 3.72. The summed E-state index contributed by atoms with van der Waals surface area (Å²) in [7, 11) is 0. The Balaban J connectivity index is 1.81. The predicted octanol–water partition coefficient (Wildman–Crippen LogP) is 1.69. The van der Waals surface area contributed by atoms with Crippen molar-refractivity contribution in [1.82, 2.24) is 4.98 Å². The Hall–Kier alpha value is -1.53. The number of hydrogen-bond acceptors (Lipinski definition) is 4. The van der Waals surface area contributed by atoms with Crippen LogP contribution in [0.25, 0.3) is 0 Å². The number of nitrogens with two attached hydrogens (primary N) is 1. The minimum atomic E-state index is -0.980. The van der Waals surface area contributed by atoms with Gasteiger partial charge in [0.05, 0.1) is 18.0 Å².